The van der Waals surface area contributed by atoms with Crippen LogP contribution in [0.5, 0.6) is 0 Å². The first-order chi connectivity index (χ1) is 11.0. The molecule has 0 saturated heterocycles. The van der Waals surface area contributed by atoms with Gasteiger partial charge in [0.25, 0.3) is 0 Å². The van der Waals surface area contributed by atoms with Crippen LogP contribution in [0.2, 0.25) is 0 Å². The molecule has 0 atom stereocenters. The summed E-state index contributed by atoms with van der Waals surface area (Å²) in [6, 6.07) is 10.3. The van der Waals surface area contributed by atoms with Crippen LogP contribution >= 0.6 is 0 Å². The van der Waals surface area contributed by atoms with E-state index in [1.165, 1.54) is 27.8 Å². The Morgan fingerprint density at radius 2 is 2.00 bits per heavy atom. The Kier molecular flexibility index (Phi) is 5.64. The molecule has 0 fully saturated rings. The van der Waals surface area contributed by atoms with E-state index in [1.807, 2.05) is 18.2 Å². The van der Waals surface area contributed by atoms with Crippen LogP contribution < -0.4 is 5.32 Å². The third-order valence-corrected chi connectivity index (χ3v) is 3.70. The number of hydrogen-bond acceptors (Lipinski definition) is 2. The van der Waals surface area contributed by atoms with E-state index in [-0.39, 0.29) is 0 Å². The van der Waals surface area contributed by atoms with Crippen LogP contribution in [0.15, 0.2) is 70.9 Å². The predicted octanol–water partition coefficient (Wildman–Crippen LogP) is 6.13. The van der Waals surface area contributed by atoms with E-state index < -0.39 is 0 Å². The van der Waals surface area contributed by atoms with Crippen LogP contribution in [0, 0.1) is 6.92 Å². The van der Waals surface area contributed by atoms with Crippen LogP contribution in [0.1, 0.15) is 37.7 Å². The van der Waals surface area contributed by atoms with Crippen LogP contribution in [0.3, 0.4) is 0 Å². The molecule has 0 saturated carbocycles. The normalized spacial score (nSPS) is 11.7. The van der Waals surface area contributed by atoms with Gasteiger partial charge in [0.15, 0.2) is 0 Å². The van der Waals surface area contributed by atoms with Gasteiger partial charge in [-0.2, -0.15) is 0 Å². The highest BCUT2D eigenvalue weighted by Gasteiger charge is 2.06. The molecule has 0 aliphatic rings. The number of hydrogen-bond donors (Lipinski definition) is 1. The van der Waals surface area contributed by atoms with Gasteiger partial charge in [0.1, 0.15) is 5.76 Å². The van der Waals surface area contributed by atoms with Crippen molar-refractivity contribution in [1.29, 1.82) is 0 Å². The molecule has 120 valence electrons. The molecule has 2 aromatic rings. The Hall–Kier alpha value is -2.48. The molecule has 2 heteroatoms. The van der Waals surface area contributed by atoms with Crippen molar-refractivity contribution in [3.63, 3.8) is 0 Å². The van der Waals surface area contributed by atoms with Gasteiger partial charge in [-0.15, -0.1) is 0 Å². The number of furan rings is 1. The summed E-state index contributed by atoms with van der Waals surface area (Å²) in [6.45, 7) is 13.2. The maximum atomic E-state index is 5.34. The summed E-state index contributed by atoms with van der Waals surface area (Å²) in [5.74, 6) is 0.929. The molecular weight excluding hydrogens is 282 g/mol. The van der Waals surface area contributed by atoms with E-state index in [2.05, 4.69) is 63.9 Å². The first-order valence-electron chi connectivity index (χ1n) is 7.86. The molecule has 0 amide bonds. The smallest absolute Gasteiger partial charge is 0.122 e. The van der Waals surface area contributed by atoms with Crippen LogP contribution in [0.25, 0.3) is 5.57 Å². The summed E-state index contributed by atoms with van der Waals surface area (Å²) in [5, 5.41) is 3.39. The molecule has 0 unspecified atom stereocenters. The lowest BCUT2D eigenvalue weighted by atomic mass is 9.95. The minimum absolute atomic E-state index is 0.687. The minimum Gasteiger partial charge on any atom is -0.467 e. The van der Waals surface area contributed by atoms with Crippen LogP contribution in [-0.2, 0) is 6.54 Å². The van der Waals surface area contributed by atoms with Crippen molar-refractivity contribution in [2.24, 2.45) is 0 Å². The molecule has 2 nitrogen and oxygen atoms in total. The first kappa shape index (κ1) is 16.9. The van der Waals surface area contributed by atoms with E-state index in [9.17, 15) is 0 Å². The molecule has 2 rings (SSSR count). The van der Waals surface area contributed by atoms with Crippen molar-refractivity contribution >= 4 is 11.3 Å². The van der Waals surface area contributed by atoms with E-state index in [4.69, 9.17) is 4.42 Å². The van der Waals surface area contributed by atoms with Crippen molar-refractivity contribution in [1.82, 2.24) is 0 Å². The molecule has 0 spiro atoms. The zero-order chi connectivity index (χ0) is 16.8. The van der Waals surface area contributed by atoms with Crippen LogP contribution in [0.4, 0.5) is 5.69 Å². The fraction of sp³-hybridized carbons (Fsp3) is 0.238. The molecule has 1 heterocycles. The van der Waals surface area contributed by atoms with Crippen molar-refractivity contribution in [2.45, 2.75) is 34.2 Å². The summed E-state index contributed by atoms with van der Waals surface area (Å²) in [6.07, 6.45) is 5.82. The topological polar surface area (TPSA) is 25.2 Å². The molecule has 1 aromatic heterocycles. The Morgan fingerprint density at radius 3 is 2.57 bits per heavy atom. The Balaban J connectivity index is 2.24. The number of benzene rings is 1. The summed E-state index contributed by atoms with van der Waals surface area (Å²) in [5.41, 5.74) is 7.24. The van der Waals surface area contributed by atoms with Gasteiger partial charge in [0.2, 0.25) is 0 Å². The summed E-state index contributed by atoms with van der Waals surface area (Å²) < 4.78 is 5.34. The largest absolute Gasteiger partial charge is 0.467 e. The lowest BCUT2D eigenvalue weighted by molar-refractivity contribution is 0.518. The molecule has 0 aliphatic carbocycles. The van der Waals surface area contributed by atoms with Gasteiger partial charge in [0, 0.05) is 5.69 Å². The van der Waals surface area contributed by atoms with Gasteiger partial charge in [-0.25, -0.2) is 0 Å². The van der Waals surface area contributed by atoms with Gasteiger partial charge in [-0.05, 0) is 74.2 Å². The summed E-state index contributed by atoms with van der Waals surface area (Å²) >= 11 is 0. The van der Waals surface area contributed by atoms with Crippen molar-refractivity contribution < 1.29 is 4.42 Å². The van der Waals surface area contributed by atoms with Gasteiger partial charge >= 0.3 is 0 Å². The SMILES string of the molecule is C=C/C(=C(/C)C=C(C)C)c1ccc(NCc2ccco2)cc1C. The number of rotatable bonds is 6. The molecule has 0 bridgehead atoms. The average Bonchev–Trinajstić information content (AvgIpc) is 3.00. The highest BCUT2D eigenvalue weighted by atomic mass is 16.3. The minimum atomic E-state index is 0.687. The van der Waals surface area contributed by atoms with Crippen molar-refractivity contribution in [3.8, 4) is 0 Å². The van der Waals surface area contributed by atoms with E-state index in [0.717, 1.165) is 11.4 Å². The molecule has 0 aliphatic heterocycles. The lowest BCUT2D eigenvalue weighted by Gasteiger charge is -2.13. The molecule has 0 radical (unpaired) electrons. The fourth-order valence-corrected chi connectivity index (χ4v) is 2.67. The second kappa shape index (κ2) is 7.68. The van der Waals surface area contributed by atoms with Gasteiger partial charge < -0.3 is 9.73 Å². The number of anilines is 1. The molecule has 1 aromatic carbocycles. The fourth-order valence-electron chi connectivity index (χ4n) is 2.67. The standard InChI is InChI=1S/C21H25NO/c1-6-20(16(4)12-15(2)3)21-10-9-18(13-17(21)5)22-14-19-8-7-11-23-19/h6-13,22H,1,14H2,2-5H3/b20-16+. The number of allylic oxidation sites excluding steroid dienone is 5. The third kappa shape index (κ3) is 4.49. The molecule has 1 N–H and O–H groups in total. The summed E-state index contributed by atoms with van der Waals surface area (Å²) in [7, 11) is 0. The first-order valence-corrected chi connectivity index (χ1v) is 7.86. The van der Waals surface area contributed by atoms with Gasteiger partial charge in [0.05, 0.1) is 12.8 Å². The maximum Gasteiger partial charge on any atom is 0.122 e. The quantitative estimate of drug-likeness (QED) is 0.650. The zero-order valence-electron chi connectivity index (χ0n) is 14.4. The Morgan fingerprint density at radius 1 is 1.22 bits per heavy atom. The van der Waals surface area contributed by atoms with Gasteiger partial charge in [-0.3, -0.25) is 0 Å². The van der Waals surface area contributed by atoms with Crippen molar-refractivity contribution in [2.75, 3.05) is 5.32 Å². The Labute approximate surface area is 139 Å². The highest BCUT2D eigenvalue weighted by molar-refractivity contribution is 5.80. The second-order valence-electron chi connectivity index (χ2n) is 5.99. The van der Waals surface area contributed by atoms with E-state index >= 15 is 0 Å². The predicted molar refractivity (Wildman–Crippen MR) is 99.4 cm³/mol. The maximum absolute atomic E-state index is 5.34. The summed E-state index contributed by atoms with van der Waals surface area (Å²) in [4.78, 5) is 0. The molecule has 23 heavy (non-hydrogen) atoms. The second-order valence-corrected chi connectivity index (χ2v) is 5.99. The molecular formula is C21H25NO. The third-order valence-electron chi connectivity index (χ3n) is 3.70. The van der Waals surface area contributed by atoms with Crippen LogP contribution in [-0.4, -0.2) is 0 Å². The zero-order valence-corrected chi connectivity index (χ0v) is 14.4. The Bertz CT molecular complexity index is 729. The van der Waals surface area contributed by atoms with E-state index in [1.54, 1.807) is 6.26 Å². The monoisotopic (exact) mass is 307 g/mol. The highest BCUT2D eigenvalue weighted by Crippen LogP contribution is 2.27. The van der Waals surface area contributed by atoms with E-state index in [0.29, 0.717) is 6.54 Å². The average molecular weight is 307 g/mol. The van der Waals surface area contributed by atoms with Crippen molar-refractivity contribution in [3.05, 3.63) is 83.4 Å². The number of aryl methyl sites for hydroxylation is 1. The lowest BCUT2D eigenvalue weighted by Crippen LogP contribution is -1.99. The van der Waals surface area contributed by atoms with Gasteiger partial charge in [-0.1, -0.05) is 30.4 Å². The number of nitrogens with one attached hydrogen (secondary N) is 1.